The minimum absolute atomic E-state index is 0.398. The Morgan fingerprint density at radius 1 is 1.05 bits per heavy atom. The molecule has 1 atom stereocenters. The highest BCUT2D eigenvalue weighted by Gasteiger charge is 2.31. The molecule has 0 aliphatic rings. The maximum Gasteiger partial charge on any atom is 0.416 e. The molecule has 0 saturated heterocycles. The molecule has 1 N–H and O–H groups in total. The maximum atomic E-state index is 12.7. The highest BCUT2D eigenvalue weighted by Crippen LogP contribution is 2.35. The van der Waals surface area contributed by atoms with Gasteiger partial charge in [0.15, 0.2) is 0 Å². The lowest BCUT2D eigenvalue weighted by molar-refractivity contribution is -0.137. The van der Waals surface area contributed by atoms with E-state index in [1.807, 2.05) is 6.92 Å². The molecule has 0 amide bonds. The molecule has 114 valence electrons. The van der Waals surface area contributed by atoms with E-state index in [2.05, 4.69) is 0 Å². The first-order chi connectivity index (χ1) is 9.62. The lowest BCUT2D eigenvalue weighted by atomic mass is 9.93. The minimum atomic E-state index is -4.38. The van der Waals surface area contributed by atoms with Crippen LogP contribution in [0.2, 0.25) is 0 Å². The van der Waals surface area contributed by atoms with Gasteiger partial charge in [0.05, 0.1) is 5.56 Å². The van der Waals surface area contributed by atoms with Crippen LogP contribution in [0.15, 0.2) is 22.6 Å². The summed E-state index contributed by atoms with van der Waals surface area (Å²) in [5, 5.41) is 10.5. The van der Waals surface area contributed by atoms with Crippen molar-refractivity contribution in [3.63, 3.8) is 0 Å². The average Bonchev–Trinajstić information content (AvgIpc) is 2.61. The van der Waals surface area contributed by atoms with Crippen LogP contribution in [0, 0.1) is 27.7 Å². The molecule has 0 radical (unpaired) electrons. The van der Waals surface area contributed by atoms with Crippen LogP contribution in [-0.4, -0.2) is 5.11 Å². The second-order valence-corrected chi connectivity index (χ2v) is 5.22. The number of aliphatic hydroxyl groups excluding tert-OH is 1. The quantitative estimate of drug-likeness (QED) is 0.878. The van der Waals surface area contributed by atoms with Crippen LogP contribution in [-0.2, 0) is 6.18 Å². The molecule has 0 saturated carbocycles. The van der Waals surface area contributed by atoms with Crippen LogP contribution < -0.4 is 0 Å². The third-order valence-electron chi connectivity index (χ3n) is 3.78. The van der Waals surface area contributed by atoms with Gasteiger partial charge in [-0.25, -0.2) is 0 Å². The number of hydrogen-bond donors (Lipinski definition) is 1. The number of hydrogen-bond acceptors (Lipinski definition) is 2. The molecule has 1 unspecified atom stereocenters. The van der Waals surface area contributed by atoms with E-state index in [0.29, 0.717) is 28.2 Å². The van der Waals surface area contributed by atoms with Crippen molar-refractivity contribution in [1.82, 2.24) is 0 Å². The largest absolute Gasteiger partial charge is 0.466 e. The van der Waals surface area contributed by atoms with Gasteiger partial charge in [-0.3, -0.25) is 0 Å². The van der Waals surface area contributed by atoms with Gasteiger partial charge in [0.1, 0.15) is 17.6 Å². The summed E-state index contributed by atoms with van der Waals surface area (Å²) < 4.78 is 43.5. The third-order valence-corrected chi connectivity index (χ3v) is 3.78. The molecule has 21 heavy (non-hydrogen) atoms. The zero-order valence-electron chi connectivity index (χ0n) is 12.3. The molecule has 2 aromatic rings. The van der Waals surface area contributed by atoms with Gasteiger partial charge in [-0.05, 0) is 56.5 Å². The van der Waals surface area contributed by atoms with Crippen molar-refractivity contribution in [3.05, 3.63) is 57.5 Å². The topological polar surface area (TPSA) is 33.4 Å². The number of rotatable bonds is 2. The first kappa shape index (κ1) is 15.6. The molecule has 2 nitrogen and oxygen atoms in total. The Bertz CT molecular complexity index is 669. The van der Waals surface area contributed by atoms with Crippen molar-refractivity contribution in [3.8, 4) is 0 Å². The maximum absolute atomic E-state index is 12.7. The smallest absolute Gasteiger partial charge is 0.416 e. The summed E-state index contributed by atoms with van der Waals surface area (Å²) >= 11 is 0. The monoisotopic (exact) mass is 298 g/mol. The predicted octanol–water partition coefficient (Wildman–Crippen LogP) is 4.61. The van der Waals surface area contributed by atoms with Gasteiger partial charge in [-0.15, -0.1) is 0 Å². The molecule has 1 heterocycles. The van der Waals surface area contributed by atoms with Crippen LogP contribution in [0.5, 0.6) is 0 Å². The van der Waals surface area contributed by atoms with Crippen LogP contribution in [0.4, 0.5) is 13.2 Å². The van der Waals surface area contributed by atoms with Gasteiger partial charge >= 0.3 is 6.18 Å². The molecule has 5 heteroatoms. The molecule has 1 aromatic heterocycles. The summed E-state index contributed by atoms with van der Waals surface area (Å²) in [7, 11) is 0. The van der Waals surface area contributed by atoms with Crippen molar-refractivity contribution in [2.75, 3.05) is 0 Å². The summed E-state index contributed by atoms with van der Waals surface area (Å²) in [6.45, 7) is 6.91. The molecule has 1 aromatic carbocycles. The Balaban J connectivity index is 2.47. The van der Waals surface area contributed by atoms with E-state index in [-0.39, 0.29) is 0 Å². The number of alkyl halides is 3. The highest BCUT2D eigenvalue weighted by atomic mass is 19.4. The van der Waals surface area contributed by atoms with Crippen molar-refractivity contribution < 1.29 is 22.7 Å². The number of benzene rings is 1. The average molecular weight is 298 g/mol. The fourth-order valence-corrected chi connectivity index (χ4v) is 2.53. The molecule has 0 aliphatic carbocycles. The molecule has 0 fully saturated rings. The normalized spacial score (nSPS) is 13.5. The molecular weight excluding hydrogens is 281 g/mol. The van der Waals surface area contributed by atoms with Crippen LogP contribution in [0.3, 0.4) is 0 Å². The third kappa shape index (κ3) is 2.83. The first-order valence-corrected chi connectivity index (χ1v) is 6.55. The van der Waals surface area contributed by atoms with Crippen LogP contribution in [0.25, 0.3) is 0 Å². The molecule has 0 spiro atoms. The number of halogens is 3. The number of furan rings is 1. The van der Waals surface area contributed by atoms with Gasteiger partial charge < -0.3 is 9.52 Å². The van der Waals surface area contributed by atoms with Crippen molar-refractivity contribution in [2.45, 2.75) is 40.0 Å². The van der Waals surface area contributed by atoms with E-state index in [1.54, 1.807) is 20.8 Å². The number of aryl methyl sites for hydroxylation is 3. The number of aliphatic hydroxyl groups is 1. The summed E-state index contributed by atoms with van der Waals surface area (Å²) in [6, 6.07) is 3.36. The summed E-state index contributed by atoms with van der Waals surface area (Å²) in [4.78, 5) is 0. The molecule has 2 rings (SSSR count). The zero-order valence-corrected chi connectivity index (χ0v) is 12.3. The predicted molar refractivity (Wildman–Crippen MR) is 73.2 cm³/mol. The van der Waals surface area contributed by atoms with Gasteiger partial charge in [0, 0.05) is 5.56 Å². The van der Waals surface area contributed by atoms with Crippen LogP contribution >= 0.6 is 0 Å². The van der Waals surface area contributed by atoms with E-state index in [0.717, 1.165) is 17.7 Å². The first-order valence-electron chi connectivity index (χ1n) is 6.55. The SMILES string of the molecule is Cc1cc(C(F)(F)F)ccc1C(O)c1c(C)oc(C)c1C. The lowest BCUT2D eigenvalue weighted by Crippen LogP contribution is -2.09. The van der Waals surface area contributed by atoms with Gasteiger partial charge in [-0.1, -0.05) is 6.07 Å². The van der Waals surface area contributed by atoms with E-state index < -0.39 is 17.8 Å². The van der Waals surface area contributed by atoms with E-state index >= 15 is 0 Å². The molecular formula is C16H17F3O2. The second-order valence-electron chi connectivity index (χ2n) is 5.22. The summed E-state index contributed by atoms with van der Waals surface area (Å²) in [5.41, 5.74) is 1.58. The van der Waals surface area contributed by atoms with E-state index in [1.165, 1.54) is 6.07 Å². The molecule has 0 aliphatic heterocycles. The van der Waals surface area contributed by atoms with Crippen molar-refractivity contribution in [2.24, 2.45) is 0 Å². The fraction of sp³-hybridized carbons (Fsp3) is 0.375. The highest BCUT2D eigenvalue weighted by molar-refractivity contribution is 5.43. The van der Waals surface area contributed by atoms with Gasteiger partial charge in [-0.2, -0.15) is 13.2 Å². The Labute approximate surface area is 121 Å². The standard InChI is InChI=1S/C16H17F3O2/c1-8-7-12(16(17,18)19)5-6-13(8)15(20)14-9(2)10(3)21-11(14)4/h5-7,15,20H,1-4H3. The zero-order chi connectivity index (χ0) is 15.9. The van der Waals surface area contributed by atoms with E-state index in [9.17, 15) is 18.3 Å². The van der Waals surface area contributed by atoms with Crippen LogP contribution in [0.1, 0.15) is 45.4 Å². The fourth-order valence-electron chi connectivity index (χ4n) is 2.53. The Kier molecular flexibility index (Phi) is 3.89. The Morgan fingerprint density at radius 2 is 1.67 bits per heavy atom. The second kappa shape index (κ2) is 5.22. The van der Waals surface area contributed by atoms with Gasteiger partial charge in [0.2, 0.25) is 0 Å². The van der Waals surface area contributed by atoms with E-state index in [4.69, 9.17) is 4.42 Å². The van der Waals surface area contributed by atoms with Crippen molar-refractivity contribution in [1.29, 1.82) is 0 Å². The molecule has 0 bridgehead atoms. The van der Waals surface area contributed by atoms with Crippen molar-refractivity contribution >= 4 is 0 Å². The summed E-state index contributed by atoms with van der Waals surface area (Å²) in [6.07, 6.45) is -5.38. The Hall–Kier alpha value is -1.75. The Morgan fingerprint density at radius 3 is 2.10 bits per heavy atom. The van der Waals surface area contributed by atoms with Gasteiger partial charge in [0.25, 0.3) is 0 Å². The minimum Gasteiger partial charge on any atom is -0.466 e. The summed E-state index contributed by atoms with van der Waals surface area (Å²) in [5.74, 6) is 1.28. The lowest BCUT2D eigenvalue weighted by Gasteiger charge is -2.16.